The quantitative estimate of drug-likeness (QED) is 0.701. The zero-order valence-corrected chi connectivity index (χ0v) is 15.0. The van der Waals surface area contributed by atoms with Crippen LogP contribution in [-0.2, 0) is 4.74 Å². The fourth-order valence-electron chi connectivity index (χ4n) is 3.59. The van der Waals surface area contributed by atoms with Crippen LogP contribution in [-0.4, -0.2) is 82.6 Å². The van der Waals surface area contributed by atoms with E-state index in [2.05, 4.69) is 57.0 Å². The van der Waals surface area contributed by atoms with Crippen LogP contribution in [0.2, 0.25) is 0 Å². The number of anilines is 3. The van der Waals surface area contributed by atoms with Gasteiger partial charge in [-0.15, -0.1) is 10.2 Å². The Morgan fingerprint density at radius 2 is 1.44 bits per heavy atom. The molecule has 3 aromatic rings. The van der Waals surface area contributed by atoms with E-state index in [1.807, 2.05) is 0 Å². The topological polar surface area (TPSA) is 99.2 Å². The number of aromatic nitrogens is 6. The van der Waals surface area contributed by atoms with E-state index in [-0.39, 0.29) is 0 Å². The average Bonchev–Trinajstić information content (AvgIpc) is 3.24. The number of aromatic amines is 1. The summed E-state index contributed by atoms with van der Waals surface area (Å²) in [6, 6.07) is 4.11. The maximum Gasteiger partial charge on any atom is 0.182 e. The van der Waals surface area contributed by atoms with Crippen molar-refractivity contribution in [3.05, 3.63) is 24.8 Å². The molecule has 0 atom stereocenters. The van der Waals surface area contributed by atoms with E-state index in [9.17, 15) is 0 Å². The summed E-state index contributed by atoms with van der Waals surface area (Å²) in [5, 5.41) is 8.87. The molecule has 5 rings (SSSR count). The first kappa shape index (κ1) is 16.2. The van der Waals surface area contributed by atoms with Crippen molar-refractivity contribution in [3.8, 4) is 0 Å². The Balaban J connectivity index is 1.26. The highest BCUT2D eigenvalue weighted by molar-refractivity contribution is 5.82. The molecule has 140 valence electrons. The predicted molar refractivity (Wildman–Crippen MR) is 101 cm³/mol. The summed E-state index contributed by atoms with van der Waals surface area (Å²) in [4.78, 5) is 22.7. The van der Waals surface area contributed by atoms with Gasteiger partial charge in [0.1, 0.15) is 11.8 Å². The van der Waals surface area contributed by atoms with Crippen LogP contribution in [0.5, 0.6) is 0 Å². The Bertz CT molecular complexity index is 898. The van der Waals surface area contributed by atoms with Crippen LogP contribution >= 0.6 is 0 Å². The SMILES string of the molecule is c1nc(N2CCN(c3ccc(N4CCOCC4)nn3)CC2)c2[nH]cnc2n1. The van der Waals surface area contributed by atoms with Crippen LogP contribution in [0.1, 0.15) is 0 Å². The van der Waals surface area contributed by atoms with Gasteiger partial charge in [0.15, 0.2) is 23.1 Å². The zero-order chi connectivity index (χ0) is 18.1. The number of morpholine rings is 1. The van der Waals surface area contributed by atoms with Gasteiger partial charge in [0, 0.05) is 39.3 Å². The Labute approximate surface area is 156 Å². The molecule has 0 aliphatic carbocycles. The van der Waals surface area contributed by atoms with Gasteiger partial charge in [-0.25, -0.2) is 15.0 Å². The number of hydrogen-bond acceptors (Lipinski definition) is 9. The summed E-state index contributed by atoms with van der Waals surface area (Å²) < 4.78 is 5.39. The first-order valence-electron chi connectivity index (χ1n) is 9.19. The van der Waals surface area contributed by atoms with Gasteiger partial charge in [0.05, 0.1) is 19.5 Å². The lowest BCUT2D eigenvalue weighted by Crippen LogP contribution is -2.47. The van der Waals surface area contributed by atoms with Crippen molar-refractivity contribution in [3.63, 3.8) is 0 Å². The van der Waals surface area contributed by atoms with Crippen LogP contribution in [0, 0.1) is 0 Å². The number of ether oxygens (including phenoxy) is 1. The fourth-order valence-corrected chi connectivity index (χ4v) is 3.59. The van der Waals surface area contributed by atoms with E-state index in [4.69, 9.17) is 4.74 Å². The van der Waals surface area contributed by atoms with Gasteiger partial charge in [0.2, 0.25) is 0 Å². The minimum absolute atomic E-state index is 0.701. The van der Waals surface area contributed by atoms with Gasteiger partial charge in [-0.05, 0) is 12.1 Å². The second-order valence-corrected chi connectivity index (χ2v) is 6.62. The Kier molecular flexibility index (Phi) is 4.17. The highest BCUT2D eigenvalue weighted by Gasteiger charge is 2.22. The molecule has 0 radical (unpaired) electrons. The van der Waals surface area contributed by atoms with Crippen LogP contribution < -0.4 is 14.7 Å². The van der Waals surface area contributed by atoms with Gasteiger partial charge >= 0.3 is 0 Å². The number of hydrogen-bond donors (Lipinski definition) is 1. The minimum atomic E-state index is 0.701. The van der Waals surface area contributed by atoms with Crippen molar-refractivity contribution < 1.29 is 4.74 Å². The van der Waals surface area contributed by atoms with Gasteiger partial charge in [0.25, 0.3) is 0 Å². The monoisotopic (exact) mass is 367 g/mol. The van der Waals surface area contributed by atoms with Gasteiger partial charge in [-0.2, -0.15) is 0 Å². The molecule has 2 aliphatic rings. The molecule has 10 nitrogen and oxygen atoms in total. The third-order valence-corrected chi connectivity index (χ3v) is 5.08. The second kappa shape index (κ2) is 6.95. The number of nitrogens with zero attached hydrogens (tertiary/aromatic N) is 8. The lowest BCUT2D eigenvalue weighted by Gasteiger charge is -2.36. The first-order valence-corrected chi connectivity index (χ1v) is 9.19. The molecule has 3 aromatic heterocycles. The molecular formula is C17H21N9O. The lowest BCUT2D eigenvalue weighted by atomic mass is 10.3. The summed E-state index contributed by atoms with van der Waals surface area (Å²) in [6.45, 7) is 6.68. The second-order valence-electron chi connectivity index (χ2n) is 6.62. The standard InChI is InChI=1S/C17H21N9O/c1-2-14(25-7-9-27-10-8-25)23-22-13(1)24-3-5-26(6-4-24)17-15-16(19-11-18-15)20-12-21-17/h1-2,11-12H,3-10H2,(H,18,19,20,21). The largest absolute Gasteiger partial charge is 0.378 e. The van der Waals surface area contributed by atoms with E-state index >= 15 is 0 Å². The van der Waals surface area contributed by atoms with Crippen LogP contribution in [0.15, 0.2) is 24.8 Å². The van der Waals surface area contributed by atoms with Gasteiger partial charge < -0.3 is 24.4 Å². The normalized spacial score (nSPS) is 18.3. The average molecular weight is 367 g/mol. The number of nitrogens with one attached hydrogen (secondary N) is 1. The van der Waals surface area contributed by atoms with Crippen molar-refractivity contribution in [1.82, 2.24) is 30.1 Å². The van der Waals surface area contributed by atoms with E-state index in [0.29, 0.717) is 5.65 Å². The molecule has 0 spiro atoms. The fraction of sp³-hybridized carbons (Fsp3) is 0.471. The molecule has 27 heavy (non-hydrogen) atoms. The summed E-state index contributed by atoms with van der Waals surface area (Å²) in [5.74, 6) is 2.75. The van der Waals surface area contributed by atoms with Crippen molar-refractivity contribution in [2.75, 3.05) is 67.2 Å². The lowest BCUT2D eigenvalue weighted by molar-refractivity contribution is 0.122. The predicted octanol–water partition coefficient (Wildman–Crippen LogP) is 0.306. The molecule has 0 saturated carbocycles. The maximum absolute atomic E-state index is 5.39. The molecule has 2 aliphatic heterocycles. The highest BCUT2D eigenvalue weighted by Crippen LogP contribution is 2.23. The van der Waals surface area contributed by atoms with Crippen LogP contribution in [0.25, 0.3) is 11.2 Å². The molecule has 2 saturated heterocycles. The number of rotatable bonds is 3. The molecule has 0 bridgehead atoms. The van der Waals surface area contributed by atoms with E-state index in [0.717, 1.165) is 75.5 Å². The summed E-state index contributed by atoms with van der Waals surface area (Å²) in [5.41, 5.74) is 1.59. The molecule has 0 unspecified atom stereocenters. The first-order chi connectivity index (χ1) is 13.4. The van der Waals surface area contributed by atoms with Gasteiger partial charge in [-0.3, -0.25) is 0 Å². The maximum atomic E-state index is 5.39. The van der Waals surface area contributed by atoms with E-state index in [1.54, 1.807) is 12.7 Å². The summed E-state index contributed by atoms with van der Waals surface area (Å²) in [6.07, 6.45) is 3.23. The molecule has 5 heterocycles. The number of fused-ring (bicyclic) bond motifs is 1. The number of piperazine rings is 1. The number of H-pyrrole nitrogens is 1. The molecule has 2 fully saturated rings. The number of imidazole rings is 1. The minimum Gasteiger partial charge on any atom is -0.378 e. The molecule has 1 N–H and O–H groups in total. The van der Waals surface area contributed by atoms with Crippen molar-refractivity contribution >= 4 is 28.6 Å². The third-order valence-electron chi connectivity index (χ3n) is 5.08. The van der Waals surface area contributed by atoms with Crippen LogP contribution in [0.3, 0.4) is 0 Å². The smallest absolute Gasteiger partial charge is 0.182 e. The van der Waals surface area contributed by atoms with E-state index in [1.165, 1.54) is 0 Å². The molecular weight excluding hydrogens is 346 g/mol. The van der Waals surface area contributed by atoms with Crippen LogP contribution in [0.4, 0.5) is 17.5 Å². The van der Waals surface area contributed by atoms with E-state index < -0.39 is 0 Å². The third kappa shape index (κ3) is 3.12. The van der Waals surface area contributed by atoms with Gasteiger partial charge in [-0.1, -0.05) is 0 Å². The Hall–Kier alpha value is -3.01. The molecule has 10 heteroatoms. The van der Waals surface area contributed by atoms with Crippen molar-refractivity contribution in [2.24, 2.45) is 0 Å². The Morgan fingerprint density at radius 1 is 0.778 bits per heavy atom. The Morgan fingerprint density at radius 3 is 2.15 bits per heavy atom. The summed E-state index contributed by atoms with van der Waals surface area (Å²) >= 11 is 0. The summed E-state index contributed by atoms with van der Waals surface area (Å²) in [7, 11) is 0. The molecule has 0 aromatic carbocycles. The molecule has 0 amide bonds. The van der Waals surface area contributed by atoms with Crippen molar-refractivity contribution in [2.45, 2.75) is 0 Å². The highest BCUT2D eigenvalue weighted by atomic mass is 16.5. The zero-order valence-electron chi connectivity index (χ0n) is 15.0. The van der Waals surface area contributed by atoms with Crippen molar-refractivity contribution in [1.29, 1.82) is 0 Å².